The van der Waals surface area contributed by atoms with E-state index in [1.807, 2.05) is 30.3 Å². The molecule has 0 bridgehead atoms. The Labute approximate surface area is 138 Å². The molecule has 0 aliphatic rings. The van der Waals surface area contributed by atoms with Crippen molar-refractivity contribution >= 4 is 34.2 Å². The van der Waals surface area contributed by atoms with Crippen molar-refractivity contribution in [2.24, 2.45) is 0 Å². The van der Waals surface area contributed by atoms with Gasteiger partial charge < -0.3 is 9.84 Å². The van der Waals surface area contributed by atoms with Crippen LogP contribution in [0.3, 0.4) is 0 Å². The van der Waals surface area contributed by atoms with Crippen LogP contribution in [-0.4, -0.2) is 11.2 Å². The average Bonchev–Trinajstić information content (AvgIpc) is 2.57. The van der Waals surface area contributed by atoms with Crippen LogP contribution in [0.5, 0.6) is 5.75 Å². The summed E-state index contributed by atoms with van der Waals surface area (Å²) in [6.45, 7) is 0.189. The first-order valence-corrected chi connectivity index (χ1v) is 7.40. The fraction of sp³-hybridized carbons (Fsp3) is 0.0556. The minimum Gasteiger partial charge on any atom is -0.507 e. The topological polar surface area (TPSA) is 58.6 Å². The number of anilines is 1. The number of phenolic OH excluding ortho intramolecular Hbond substituents is 1. The number of carbonyl (C=O) groups is 1. The normalized spacial score (nSPS) is 10.5. The van der Waals surface area contributed by atoms with Gasteiger partial charge in [0.05, 0.1) is 5.69 Å². The molecule has 0 saturated carbocycles. The molecule has 0 aromatic heterocycles. The Hall–Kier alpha value is -2.72. The maximum absolute atomic E-state index is 12.0. The monoisotopic (exact) mass is 327 g/mol. The molecule has 23 heavy (non-hydrogen) atoms. The van der Waals surface area contributed by atoms with Crippen molar-refractivity contribution in [3.05, 3.63) is 71.2 Å². The average molecular weight is 328 g/mol. The lowest BCUT2D eigenvalue weighted by Crippen LogP contribution is -2.13. The second kappa shape index (κ2) is 6.58. The summed E-state index contributed by atoms with van der Waals surface area (Å²) in [4.78, 5) is 12.0. The van der Waals surface area contributed by atoms with E-state index in [2.05, 4.69) is 5.32 Å². The Kier molecular flexibility index (Phi) is 4.35. The maximum Gasteiger partial charge on any atom is 0.411 e. The SMILES string of the molecule is O=C(Nc1ccc(O)c2cc(Cl)ccc12)OCc1ccccc1. The van der Waals surface area contributed by atoms with Crippen LogP contribution in [0, 0.1) is 0 Å². The van der Waals surface area contributed by atoms with Crippen LogP contribution in [0.15, 0.2) is 60.7 Å². The van der Waals surface area contributed by atoms with E-state index in [1.165, 1.54) is 6.07 Å². The smallest absolute Gasteiger partial charge is 0.411 e. The van der Waals surface area contributed by atoms with Gasteiger partial charge >= 0.3 is 6.09 Å². The van der Waals surface area contributed by atoms with Crippen LogP contribution in [0.4, 0.5) is 10.5 Å². The zero-order chi connectivity index (χ0) is 16.2. The highest BCUT2D eigenvalue weighted by Gasteiger charge is 2.10. The van der Waals surface area contributed by atoms with Gasteiger partial charge in [-0.25, -0.2) is 4.79 Å². The number of aromatic hydroxyl groups is 1. The second-order valence-electron chi connectivity index (χ2n) is 5.01. The maximum atomic E-state index is 12.0. The first-order chi connectivity index (χ1) is 11.1. The Bertz CT molecular complexity index is 850. The van der Waals surface area contributed by atoms with Crippen LogP contribution in [0.2, 0.25) is 5.02 Å². The van der Waals surface area contributed by atoms with Gasteiger partial charge in [0.25, 0.3) is 0 Å². The molecule has 0 heterocycles. The third kappa shape index (κ3) is 3.55. The molecule has 0 spiro atoms. The van der Waals surface area contributed by atoms with Crippen molar-refractivity contribution in [1.82, 2.24) is 0 Å². The number of halogens is 1. The van der Waals surface area contributed by atoms with Gasteiger partial charge in [0.15, 0.2) is 0 Å². The van der Waals surface area contributed by atoms with Crippen molar-refractivity contribution in [2.75, 3.05) is 5.32 Å². The number of ether oxygens (including phenoxy) is 1. The largest absolute Gasteiger partial charge is 0.507 e. The molecular formula is C18H14ClNO3. The van der Waals surface area contributed by atoms with Gasteiger partial charge in [-0.05, 0) is 29.8 Å². The molecule has 0 radical (unpaired) electrons. The number of hydrogen-bond acceptors (Lipinski definition) is 3. The first-order valence-electron chi connectivity index (χ1n) is 7.02. The lowest BCUT2D eigenvalue weighted by Gasteiger charge is -2.11. The third-order valence-electron chi connectivity index (χ3n) is 3.41. The van der Waals surface area contributed by atoms with E-state index >= 15 is 0 Å². The van der Waals surface area contributed by atoms with Crippen molar-refractivity contribution in [1.29, 1.82) is 0 Å². The molecule has 0 unspecified atom stereocenters. The van der Waals surface area contributed by atoms with Crippen molar-refractivity contribution in [2.45, 2.75) is 6.61 Å². The molecule has 3 aromatic rings. The zero-order valence-electron chi connectivity index (χ0n) is 12.1. The number of nitrogens with one attached hydrogen (secondary N) is 1. The molecule has 0 aliphatic carbocycles. The van der Waals surface area contributed by atoms with Crippen LogP contribution in [0.25, 0.3) is 10.8 Å². The van der Waals surface area contributed by atoms with Gasteiger partial charge in [-0.2, -0.15) is 0 Å². The summed E-state index contributed by atoms with van der Waals surface area (Å²) in [7, 11) is 0. The van der Waals surface area contributed by atoms with Crippen molar-refractivity contribution in [3.8, 4) is 5.75 Å². The summed E-state index contributed by atoms with van der Waals surface area (Å²) in [6, 6.07) is 17.6. The highest BCUT2D eigenvalue weighted by Crippen LogP contribution is 2.32. The summed E-state index contributed by atoms with van der Waals surface area (Å²) in [6.07, 6.45) is -0.559. The molecule has 3 rings (SSSR count). The fourth-order valence-electron chi connectivity index (χ4n) is 2.28. The number of rotatable bonds is 3. The lowest BCUT2D eigenvalue weighted by atomic mass is 10.1. The number of benzene rings is 3. The number of phenols is 1. The molecule has 116 valence electrons. The fourth-order valence-corrected chi connectivity index (χ4v) is 2.46. The number of hydrogen-bond donors (Lipinski definition) is 2. The van der Waals surface area contributed by atoms with Gasteiger partial charge in [0, 0.05) is 15.8 Å². The molecule has 0 atom stereocenters. The molecule has 0 aliphatic heterocycles. The van der Waals surface area contributed by atoms with E-state index in [1.54, 1.807) is 24.3 Å². The highest BCUT2D eigenvalue weighted by atomic mass is 35.5. The van der Waals surface area contributed by atoms with E-state index in [-0.39, 0.29) is 12.4 Å². The Morgan fingerprint density at radius 2 is 1.83 bits per heavy atom. The molecule has 4 nitrogen and oxygen atoms in total. The van der Waals surface area contributed by atoms with Crippen molar-refractivity contribution < 1.29 is 14.6 Å². The quantitative estimate of drug-likeness (QED) is 0.669. The van der Waals surface area contributed by atoms with E-state index < -0.39 is 6.09 Å². The lowest BCUT2D eigenvalue weighted by molar-refractivity contribution is 0.155. The summed E-state index contributed by atoms with van der Waals surface area (Å²) in [5.41, 5.74) is 1.46. The second-order valence-corrected chi connectivity index (χ2v) is 5.45. The molecule has 3 aromatic carbocycles. The van der Waals surface area contributed by atoms with E-state index in [0.29, 0.717) is 21.5 Å². The van der Waals surface area contributed by atoms with Gasteiger partial charge in [-0.15, -0.1) is 0 Å². The number of fused-ring (bicyclic) bond motifs is 1. The predicted octanol–water partition coefficient (Wildman–Crippen LogP) is 4.95. The van der Waals surface area contributed by atoms with Crippen LogP contribution < -0.4 is 5.32 Å². The number of amides is 1. The van der Waals surface area contributed by atoms with Crippen LogP contribution in [0.1, 0.15) is 5.56 Å². The summed E-state index contributed by atoms with van der Waals surface area (Å²) in [5, 5.41) is 14.4. The zero-order valence-corrected chi connectivity index (χ0v) is 12.9. The first kappa shape index (κ1) is 15.2. The molecule has 5 heteroatoms. The van der Waals surface area contributed by atoms with Gasteiger partial charge in [0.1, 0.15) is 12.4 Å². The van der Waals surface area contributed by atoms with Crippen LogP contribution in [-0.2, 0) is 11.3 Å². The van der Waals surface area contributed by atoms with Gasteiger partial charge in [-0.1, -0.05) is 48.0 Å². The Morgan fingerprint density at radius 1 is 1.04 bits per heavy atom. The highest BCUT2D eigenvalue weighted by molar-refractivity contribution is 6.31. The van der Waals surface area contributed by atoms with E-state index in [0.717, 1.165) is 5.56 Å². The summed E-state index contributed by atoms with van der Waals surface area (Å²) < 4.78 is 5.20. The van der Waals surface area contributed by atoms with Gasteiger partial charge in [-0.3, -0.25) is 5.32 Å². The molecule has 2 N–H and O–H groups in total. The number of carbonyl (C=O) groups excluding carboxylic acids is 1. The molecule has 0 saturated heterocycles. The van der Waals surface area contributed by atoms with E-state index in [9.17, 15) is 9.90 Å². The van der Waals surface area contributed by atoms with E-state index in [4.69, 9.17) is 16.3 Å². The Balaban J connectivity index is 1.76. The van der Waals surface area contributed by atoms with Crippen LogP contribution >= 0.6 is 11.6 Å². The Morgan fingerprint density at radius 3 is 2.61 bits per heavy atom. The molecule has 1 amide bonds. The molecule has 0 fully saturated rings. The summed E-state index contributed by atoms with van der Waals surface area (Å²) in [5.74, 6) is 0.103. The standard InChI is InChI=1S/C18H14ClNO3/c19-13-6-7-14-15(10-13)17(21)9-8-16(14)20-18(22)23-11-12-4-2-1-3-5-12/h1-10,21H,11H2,(H,20,22). The van der Waals surface area contributed by atoms with Crippen molar-refractivity contribution in [3.63, 3.8) is 0 Å². The molecular weight excluding hydrogens is 314 g/mol. The minimum atomic E-state index is -0.559. The predicted molar refractivity (Wildman–Crippen MR) is 90.9 cm³/mol. The summed E-state index contributed by atoms with van der Waals surface area (Å²) >= 11 is 5.94. The minimum absolute atomic E-state index is 0.103. The third-order valence-corrected chi connectivity index (χ3v) is 3.64. The van der Waals surface area contributed by atoms with Gasteiger partial charge in [0.2, 0.25) is 0 Å².